The van der Waals surface area contributed by atoms with Crippen molar-refractivity contribution in [3.05, 3.63) is 46.0 Å². The first-order valence-corrected chi connectivity index (χ1v) is 7.41. The maximum atomic E-state index is 12.4. The molecule has 0 aromatic carbocycles. The van der Waals surface area contributed by atoms with Crippen LogP contribution in [-0.2, 0) is 0 Å². The Kier molecular flexibility index (Phi) is 4.92. The molecule has 0 aliphatic rings. The summed E-state index contributed by atoms with van der Waals surface area (Å²) in [5, 5.41) is 2.82. The van der Waals surface area contributed by atoms with Gasteiger partial charge in [-0.05, 0) is 30.9 Å². The number of nitrogens with one attached hydrogen (secondary N) is 1. The number of hydrogen-bond donors (Lipinski definition) is 2. The van der Waals surface area contributed by atoms with Crippen LogP contribution in [0.2, 0.25) is 0 Å². The summed E-state index contributed by atoms with van der Waals surface area (Å²) in [5.74, 6) is -0.0168. The van der Waals surface area contributed by atoms with E-state index in [0.717, 1.165) is 12.0 Å². The van der Waals surface area contributed by atoms with Gasteiger partial charge >= 0.3 is 0 Å². The van der Waals surface area contributed by atoms with E-state index in [2.05, 4.69) is 24.1 Å². The van der Waals surface area contributed by atoms with Gasteiger partial charge in [0.05, 0.1) is 0 Å². The first kappa shape index (κ1) is 16.2. The lowest BCUT2D eigenvalue weighted by molar-refractivity contribution is 0.0931. The Bertz CT molecular complexity index is 736. The lowest BCUT2D eigenvalue weighted by atomic mass is 10.0. The fourth-order valence-corrected chi connectivity index (χ4v) is 2.38. The highest BCUT2D eigenvalue weighted by atomic mass is 16.2. The van der Waals surface area contributed by atoms with E-state index in [1.165, 1.54) is 10.6 Å². The van der Waals surface area contributed by atoms with Crippen molar-refractivity contribution in [1.82, 2.24) is 14.7 Å². The predicted octanol–water partition coefficient (Wildman–Crippen LogP) is 1.11. The van der Waals surface area contributed by atoms with Gasteiger partial charge in [0.2, 0.25) is 0 Å². The Labute approximate surface area is 129 Å². The highest BCUT2D eigenvalue weighted by molar-refractivity contribution is 5.93. The highest BCUT2D eigenvalue weighted by Gasteiger charge is 2.17. The first-order valence-electron chi connectivity index (χ1n) is 7.41. The van der Waals surface area contributed by atoms with Gasteiger partial charge in [-0.2, -0.15) is 0 Å². The van der Waals surface area contributed by atoms with Crippen LogP contribution in [-0.4, -0.2) is 27.9 Å². The van der Waals surface area contributed by atoms with Gasteiger partial charge < -0.3 is 11.1 Å². The Balaban J connectivity index is 2.32. The average Bonchev–Trinajstić information content (AvgIpc) is 2.46. The molecule has 2 heterocycles. The lowest BCUT2D eigenvalue weighted by Crippen LogP contribution is -2.43. The summed E-state index contributed by atoms with van der Waals surface area (Å²) in [6.45, 7) is 6.34. The number of aromatic nitrogens is 2. The molecular formula is C16H22N4O2. The highest BCUT2D eigenvalue weighted by Crippen LogP contribution is 2.05. The zero-order valence-electron chi connectivity index (χ0n) is 13.2. The third-order valence-electron chi connectivity index (χ3n) is 3.47. The minimum Gasteiger partial charge on any atom is -0.348 e. The molecule has 3 N–H and O–H groups in total. The number of carbonyl (C=O) groups is 1. The molecule has 1 atom stereocenters. The monoisotopic (exact) mass is 302 g/mol. The maximum absolute atomic E-state index is 12.4. The Morgan fingerprint density at radius 3 is 2.77 bits per heavy atom. The third-order valence-corrected chi connectivity index (χ3v) is 3.47. The largest absolute Gasteiger partial charge is 0.348 e. The van der Waals surface area contributed by atoms with Crippen molar-refractivity contribution >= 4 is 11.6 Å². The number of carbonyl (C=O) groups excluding carboxylic acids is 1. The molecule has 2 aromatic rings. The van der Waals surface area contributed by atoms with Gasteiger partial charge in [-0.25, -0.2) is 4.98 Å². The number of amides is 1. The summed E-state index contributed by atoms with van der Waals surface area (Å²) in [6, 6.07) is 3.47. The molecule has 0 spiro atoms. The summed E-state index contributed by atoms with van der Waals surface area (Å²) in [6.07, 6.45) is 3.77. The number of pyridine rings is 1. The first-order chi connectivity index (χ1) is 10.4. The van der Waals surface area contributed by atoms with Crippen molar-refractivity contribution in [3.8, 4) is 0 Å². The van der Waals surface area contributed by atoms with Crippen LogP contribution >= 0.6 is 0 Å². The molecule has 1 unspecified atom stereocenters. The lowest BCUT2D eigenvalue weighted by Gasteiger charge is -2.18. The van der Waals surface area contributed by atoms with Crippen LogP contribution < -0.4 is 16.6 Å². The van der Waals surface area contributed by atoms with Crippen LogP contribution in [0.15, 0.2) is 29.3 Å². The molecule has 0 radical (unpaired) electrons. The molecule has 0 saturated carbocycles. The van der Waals surface area contributed by atoms with E-state index in [4.69, 9.17) is 5.73 Å². The molecular weight excluding hydrogens is 280 g/mol. The zero-order valence-corrected chi connectivity index (χ0v) is 13.2. The number of nitrogens with zero attached hydrogens (tertiary/aromatic N) is 2. The van der Waals surface area contributed by atoms with Gasteiger partial charge in [0.25, 0.3) is 11.5 Å². The minimum atomic E-state index is -0.426. The SMILES string of the molecule is Cc1ccc2ncc(C(=O)NC(CN)CC(C)C)c(=O)n2c1. The van der Waals surface area contributed by atoms with Crippen molar-refractivity contribution in [3.63, 3.8) is 0 Å². The summed E-state index contributed by atoms with van der Waals surface area (Å²) in [5.41, 5.74) is 6.79. The molecule has 1 amide bonds. The number of fused-ring (bicyclic) bond motifs is 1. The van der Waals surface area contributed by atoms with Crippen molar-refractivity contribution < 1.29 is 4.79 Å². The maximum Gasteiger partial charge on any atom is 0.270 e. The van der Waals surface area contributed by atoms with E-state index < -0.39 is 5.91 Å². The molecule has 2 rings (SSSR count). The van der Waals surface area contributed by atoms with E-state index in [-0.39, 0.29) is 17.2 Å². The van der Waals surface area contributed by atoms with Gasteiger partial charge in [0.1, 0.15) is 11.2 Å². The fraction of sp³-hybridized carbons (Fsp3) is 0.438. The number of nitrogens with two attached hydrogens (primary N) is 1. The van der Waals surface area contributed by atoms with Crippen molar-refractivity contribution in [2.45, 2.75) is 33.2 Å². The Hall–Kier alpha value is -2.21. The summed E-state index contributed by atoms with van der Waals surface area (Å²) in [4.78, 5) is 28.9. The summed E-state index contributed by atoms with van der Waals surface area (Å²) in [7, 11) is 0. The van der Waals surface area contributed by atoms with Crippen molar-refractivity contribution in [2.75, 3.05) is 6.54 Å². The Morgan fingerprint density at radius 2 is 2.14 bits per heavy atom. The van der Waals surface area contributed by atoms with Crippen LogP contribution in [0.1, 0.15) is 36.2 Å². The predicted molar refractivity (Wildman–Crippen MR) is 86.0 cm³/mol. The molecule has 0 saturated heterocycles. The van der Waals surface area contributed by atoms with Gasteiger partial charge in [0.15, 0.2) is 0 Å². The van der Waals surface area contributed by atoms with E-state index in [1.807, 2.05) is 13.0 Å². The second kappa shape index (κ2) is 6.70. The second-order valence-electron chi connectivity index (χ2n) is 5.95. The van der Waals surface area contributed by atoms with Gasteiger partial charge in [-0.1, -0.05) is 19.9 Å². The quantitative estimate of drug-likeness (QED) is 0.865. The van der Waals surface area contributed by atoms with E-state index in [0.29, 0.717) is 18.1 Å². The molecule has 6 nitrogen and oxygen atoms in total. The molecule has 0 fully saturated rings. The second-order valence-corrected chi connectivity index (χ2v) is 5.95. The number of hydrogen-bond acceptors (Lipinski definition) is 4. The van der Waals surface area contributed by atoms with Crippen LogP contribution in [0.3, 0.4) is 0 Å². The topological polar surface area (TPSA) is 89.5 Å². The van der Waals surface area contributed by atoms with E-state index in [1.54, 1.807) is 12.3 Å². The summed E-state index contributed by atoms with van der Waals surface area (Å²) >= 11 is 0. The molecule has 118 valence electrons. The van der Waals surface area contributed by atoms with Crippen LogP contribution in [0.25, 0.3) is 5.65 Å². The third kappa shape index (κ3) is 3.51. The summed E-state index contributed by atoms with van der Waals surface area (Å²) < 4.78 is 1.39. The van der Waals surface area contributed by atoms with E-state index >= 15 is 0 Å². The normalized spacial score (nSPS) is 12.6. The Morgan fingerprint density at radius 1 is 1.41 bits per heavy atom. The molecule has 0 aliphatic carbocycles. The van der Waals surface area contributed by atoms with Gasteiger partial charge in [-0.15, -0.1) is 0 Å². The van der Waals surface area contributed by atoms with Crippen LogP contribution in [0, 0.1) is 12.8 Å². The van der Waals surface area contributed by atoms with Crippen molar-refractivity contribution in [2.24, 2.45) is 11.7 Å². The fourth-order valence-electron chi connectivity index (χ4n) is 2.38. The molecule has 2 aromatic heterocycles. The average molecular weight is 302 g/mol. The van der Waals surface area contributed by atoms with Gasteiger partial charge in [-0.3, -0.25) is 14.0 Å². The van der Waals surface area contributed by atoms with Crippen LogP contribution in [0.4, 0.5) is 0 Å². The molecule has 6 heteroatoms. The zero-order chi connectivity index (χ0) is 16.3. The molecule has 0 bridgehead atoms. The van der Waals surface area contributed by atoms with Gasteiger partial charge in [0, 0.05) is 25.0 Å². The molecule has 22 heavy (non-hydrogen) atoms. The smallest absolute Gasteiger partial charge is 0.270 e. The number of rotatable bonds is 5. The number of aryl methyl sites for hydroxylation is 1. The van der Waals surface area contributed by atoms with Crippen molar-refractivity contribution in [1.29, 1.82) is 0 Å². The standard InChI is InChI=1S/C16H22N4O2/c1-10(2)6-12(7-17)19-15(21)13-8-18-14-5-4-11(3)9-20(14)16(13)22/h4-5,8-10,12H,6-7,17H2,1-3H3,(H,19,21). The molecule has 0 aliphatic heterocycles. The van der Waals surface area contributed by atoms with Crippen LogP contribution in [0.5, 0.6) is 0 Å². The van der Waals surface area contributed by atoms with E-state index in [9.17, 15) is 9.59 Å². The minimum absolute atomic E-state index is 0.0327.